The third-order valence-electron chi connectivity index (χ3n) is 4.03. The van der Waals surface area contributed by atoms with Gasteiger partial charge in [-0.3, -0.25) is 9.36 Å². The lowest BCUT2D eigenvalue weighted by Gasteiger charge is -2.12. The Morgan fingerprint density at radius 1 is 1.30 bits per heavy atom. The molecule has 3 aromatic rings. The average molecular weight is 329 g/mol. The second-order valence-electron chi connectivity index (χ2n) is 5.82. The van der Waals surface area contributed by atoms with Crippen molar-refractivity contribution in [3.8, 4) is 0 Å². The van der Waals surface area contributed by atoms with Gasteiger partial charge in [-0.15, -0.1) is 21.5 Å². The molecular weight excluding hydrogens is 314 g/mol. The Hall–Kier alpha value is -2.48. The van der Waals surface area contributed by atoms with E-state index in [-0.39, 0.29) is 5.56 Å². The Bertz CT molecular complexity index is 1040. The molecule has 0 saturated heterocycles. The third-order valence-corrected chi connectivity index (χ3v) is 5.35. The van der Waals surface area contributed by atoms with Crippen LogP contribution < -0.4 is 11.2 Å². The highest BCUT2D eigenvalue weighted by atomic mass is 32.1. The van der Waals surface area contributed by atoms with Crippen LogP contribution in [0.4, 0.5) is 0 Å². The monoisotopic (exact) mass is 329 g/mol. The fourth-order valence-electron chi connectivity index (χ4n) is 3.11. The first kappa shape index (κ1) is 14.1. The molecule has 0 atom stereocenters. The van der Waals surface area contributed by atoms with Crippen LogP contribution in [0.25, 0.3) is 10.2 Å². The second-order valence-corrected chi connectivity index (χ2v) is 6.91. The van der Waals surface area contributed by atoms with Gasteiger partial charge in [0.05, 0.1) is 5.39 Å². The standard InChI is InChI=1S/C15H15N5O2S/c1-9(2)6-19-14-12(10-4-3-5-11(10)23-14)13(21)20(15(19)22)18-7-16-17-8-18/h7-8H,1,3-6H2,2H3. The van der Waals surface area contributed by atoms with Crippen molar-refractivity contribution in [2.45, 2.75) is 32.7 Å². The van der Waals surface area contributed by atoms with Crippen molar-refractivity contribution in [2.24, 2.45) is 0 Å². The molecule has 23 heavy (non-hydrogen) atoms. The zero-order chi connectivity index (χ0) is 16.1. The Morgan fingerprint density at radius 2 is 2.04 bits per heavy atom. The molecule has 0 spiro atoms. The van der Waals surface area contributed by atoms with Crippen LogP contribution in [0.3, 0.4) is 0 Å². The van der Waals surface area contributed by atoms with E-state index in [1.54, 1.807) is 15.9 Å². The van der Waals surface area contributed by atoms with Crippen molar-refractivity contribution in [3.63, 3.8) is 0 Å². The van der Waals surface area contributed by atoms with Crippen LogP contribution >= 0.6 is 11.3 Å². The Kier molecular flexibility index (Phi) is 3.08. The van der Waals surface area contributed by atoms with Gasteiger partial charge in [0, 0.05) is 11.4 Å². The lowest BCUT2D eigenvalue weighted by Crippen LogP contribution is -2.43. The summed E-state index contributed by atoms with van der Waals surface area (Å²) in [7, 11) is 0. The van der Waals surface area contributed by atoms with Gasteiger partial charge < -0.3 is 0 Å². The number of nitrogens with zero attached hydrogens (tertiary/aromatic N) is 5. The second kappa shape index (κ2) is 5.02. The van der Waals surface area contributed by atoms with Crippen molar-refractivity contribution in [2.75, 3.05) is 0 Å². The van der Waals surface area contributed by atoms with E-state index in [1.165, 1.54) is 22.2 Å². The number of rotatable bonds is 3. The van der Waals surface area contributed by atoms with Crippen LogP contribution in [0, 0.1) is 0 Å². The maximum absolute atomic E-state index is 13.0. The number of hydrogen-bond donors (Lipinski definition) is 0. The molecule has 0 unspecified atom stereocenters. The molecule has 0 radical (unpaired) electrons. The van der Waals surface area contributed by atoms with Gasteiger partial charge in [0.15, 0.2) is 0 Å². The van der Waals surface area contributed by atoms with Crippen molar-refractivity contribution >= 4 is 21.6 Å². The molecule has 1 aliphatic carbocycles. The van der Waals surface area contributed by atoms with Gasteiger partial charge in [0.2, 0.25) is 0 Å². The molecule has 3 heterocycles. The number of hydrogen-bond acceptors (Lipinski definition) is 5. The number of aromatic nitrogens is 5. The van der Waals surface area contributed by atoms with Crippen LogP contribution in [-0.4, -0.2) is 24.1 Å². The molecule has 1 aliphatic rings. The van der Waals surface area contributed by atoms with Crippen molar-refractivity contribution < 1.29 is 0 Å². The Morgan fingerprint density at radius 3 is 2.74 bits per heavy atom. The van der Waals surface area contributed by atoms with Gasteiger partial charge in [0.25, 0.3) is 5.56 Å². The smallest absolute Gasteiger partial charge is 0.279 e. The van der Waals surface area contributed by atoms with Crippen LogP contribution in [-0.2, 0) is 19.4 Å². The Labute approximate surface area is 135 Å². The predicted octanol–water partition coefficient (Wildman–Crippen LogP) is 1.19. The maximum Gasteiger partial charge on any atom is 0.352 e. The summed E-state index contributed by atoms with van der Waals surface area (Å²) in [6, 6.07) is 0. The summed E-state index contributed by atoms with van der Waals surface area (Å²) in [5.41, 5.74) is 1.25. The van der Waals surface area contributed by atoms with E-state index in [9.17, 15) is 9.59 Å². The molecule has 0 saturated carbocycles. The first-order valence-electron chi connectivity index (χ1n) is 7.37. The summed E-state index contributed by atoms with van der Waals surface area (Å²) < 4.78 is 4.05. The van der Waals surface area contributed by atoms with Gasteiger partial charge in [-0.1, -0.05) is 12.2 Å². The molecule has 7 nitrogen and oxygen atoms in total. The number of thiophene rings is 1. The molecule has 0 aromatic carbocycles. The highest BCUT2D eigenvalue weighted by Crippen LogP contribution is 2.35. The minimum absolute atomic E-state index is 0.304. The SMILES string of the molecule is C=C(C)Cn1c(=O)n(-n2cnnc2)c(=O)c2c3c(sc21)CCC3. The quantitative estimate of drug-likeness (QED) is 0.677. The zero-order valence-corrected chi connectivity index (χ0v) is 13.5. The van der Waals surface area contributed by atoms with E-state index in [0.29, 0.717) is 11.9 Å². The highest BCUT2D eigenvalue weighted by Gasteiger charge is 2.25. The molecule has 118 valence electrons. The fourth-order valence-corrected chi connectivity index (χ4v) is 4.48. The third kappa shape index (κ3) is 2.02. The lowest BCUT2D eigenvalue weighted by atomic mass is 10.2. The van der Waals surface area contributed by atoms with Gasteiger partial charge >= 0.3 is 5.69 Å². The minimum Gasteiger partial charge on any atom is -0.279 e. The average Bonchev–Trinajstić information content (AvgIpc) is 3.19. The van der Waals surface area contributed by atoms with Gasteiger partial charge in [-0.2, -0.15) is 4.68 Å². The highest BCUT2D eigenvalue weighted by molar-refractivity contribution is 7.18. The van der Waals surface area contributed by atoms with E-state index in [2.05, 4.69) is 16.8 Å². The van der Waals surface area contributed by atoms with E-state index >= 15 is 0 Å². The van der Waals surface area contributed by atoms with Gasteiger partial charge in [-0.25, -0.2) is 9.47 Å². The van der Waals surface area contributed by atoms with E-state index in [0.717, 1.165) is 39.9 Å². The topological polar surface area (TPSA) is 74.7 Å². The van der Waals surface area contributed by atoms with Gasteiger partial charge in [0.1, 0.15) is 17.5 Å². The van der Waals surface area contributed by atoms with E-state index in [4.69, 9.17) is 0 Å². The summed E-state index contributed by atoms with van der Waals surface area (Å²) in [6.45, 7) is 6.16. The van der Waals surface area contributed by atoms with Crippen LogP contribution in [0.2, 0.25) is 0 Å². The van der Waals surface area contributed by atoms with Crippen LogP contribution in [0.1, 0.15) is 23.8 Å². The van der Waals surface area contributed by atoms with Crippen LogP contribution in [0.15, 0.2) is 34.4 Å². The maximum atomic E-state index is 13.0. The van der Waals surface area contributed by atoms with Crippen molar-refractivity contribution in [1.29, 1.82) is 0 Å². The summed E-state index contributed by atoms with van der Waals surface area (Å²) >= 11 is 1.56. The summed E-state index contributed by atoms with van der Waals surface area (Å²) in [6.07, 6.45) is 5.63. The van der Waals surface area contributed by atoms with Crippen molar-refractivity contribution in [1.82, 2.24) is 24.1 Å². The largest absolute Gasteiger partial charge is 0.352 e. The number of fused-ring (bicyclic) bond motifs is 3. The molecule has 0 amide bonds. The molecule has 4 rings (SSSR count). The molecule has 0 N–H and O–H groups in total. The van der Waals surface area contributed by atoms with E-state index in [1.807, 2.05) is 6.92 Å². The number of aryl methyl sites for hydroxylation is 2. The summed E-state index contributed by atoms with van der Waals surface area (Å²) in [4.78, 5) is 27.8. The minimum atomic E-state index is -0.398. The number of allylic oxidation sites excluding steroid dienone is 1. The molecule has 8 heteroatoms. The predicted molar refractivity (Wildman–Crippen MR) is 88.0 cm³/mol. The first-order chi connectivity index (χ1) is 11.1. The normalized spacial score (nSPS) is 13.6. The lowest BCUT2D eigenvalue weighted by molar-refractivity contribution is 0.555. The fraction of sp³-hybridized carbons (Fsp3) is 0.333. The van der Waals surface area contributed by atoms with Crippen molar-refractivity contribution in [3.05, 3.63) is 56.1 Å². The van der Waals surface area contributed by atoms with Crippen LogP contribution in [0.5, 0.6) is 0 Å². The summed E-state index contributed by atoms with van der Waals surface area (Å²) in [5, 5.41) is 8.05. The summed E-state index contributed by atoms with van der Waals surface area (Å²) in [5.74, 6) is 0. The Balaban J connectivity index is 2.17. The first-order valence-corrected chi connectivity index (χ1v) is 8.19. The molecule has 3 aromatic heterocycles. The zero-order valence-electron chi connectivity index (χ0n) is 12.7. The molecule has 0 aliphatic heterocycles. The molecule has 0 fully saturated rings. The van der Waals surface area contributed by atoms with E-state index < -0.39 is 5.69 Å². The van der Waals surface area contributed by atoms with Gasteiger partial charge in [-0.05, 0) is 31.7 Å². The molecular formula is C15H15N5O2S. The molecule has 0 bridgehead atoms.